The molecule has 1 N–H and O–H groups in total. The van der Waals surface area contributed by atoms with Crippen LogP contribution in [0.4, 0.5) is 0 Å². The van der Waals surface area contributed by atoms with Gasteiger partial charge in [0.15, 0.2) is 0 Å². The number of nitrogens with one attached hydrogen (secondary N) is 1. The Morgan fingerprint density at radius 1 is 1.31 bits per heavy atom. The maximum Gasteiger partial charge on any atom is 0.0692 e. The third-order valence-corrected chi connectivity index (χ3v) is 3.27. The first kappa shape index (κ1) is 11.0. The van der Waals surface area contributed by atoms with Gasteiger partial charge in [-0.2, -0.15) is 0 Å². The predicted molar refractivity (Wildman–Crippen MR) is 56.0 cm³/mol. The smallest absolute Gasteiger partial charge is 0.0692 e. The minimum atomic E-state index is 0.172. The van der Waals surface area contributed by atoms with Crippen LogP contribution in [0, 0.1) is 0 Å². The Morgan fingerprint density at radius 3 is 2.54 bits per heavy atom. The van der Waals surface area contributed by atoms with Gasteiger partial charge in [0.2, 0.25) is 0 Å². The van der Waals surface area contributed by atoms with Gasteiger partial charge in [-0.25, -0.2) is 0 Å². The highest BCUT2D eigenvalue weighted by atomic mass is 16.5. The third kappa shape index (κ3) is 2.68. The van der Waals surface area contributed by atoms with Crippen LogP contribution in [0.1, 0.15) is 46.5 Å². The lowest BCUT2D eigenvalue weighted by atomic mass is 9.86. The van der Waals surface area contributed by atoms with Crippen LogP contribution in [0.3, 0.4) is 0 Å². The van der Waals surface area contributed by atoms with E-state index in [9.17, 15) is 0 Å². The average Bonchev–Trinajstić information content (AvgIpc) is 2.19. The fourth-order valence-corrected chi connectivity index (χ4v) is 2.23. The van der Waals surface area contributed by atoms with Gasteiger partial charge < -0.3 is 10.1 Å². The summed E-state index contributed by atoms with van der Waals surface area (Å²) < 4.78 is 5.90. The average molecular weight is 185 g/mol. The Balaban J connectivity index is 2.48. The largest absolute Gasteiger partial charge is 0.375 e. The van der Waals surface area contributed by atoms with Crippen molar-refractivity contribution in [2.75, 3.05) is 13.2 Å². The molecule has 1 unspecified atom stereocenters. The van der Waals surface area contributed by atoms with Crippen molar-refractivity contribution in [2.45, 2.75) is 58.1 Å². The van der Waals surface area contributed by atoms with Crippen LogP contribution in [0.25, 0.3) is 0 Å². The molecule has 0 aromatic heterocycles. The molecule has 2 nitrogen and oxygen atoms in total. The summed E-state index contributed by atoms with van der Waals surface area (Å²) in [6, 6.07) is 0.679. The SMILES string of the molecule is CCNC1CCOC(CC)(CC)C1. The summed E-state index contributed by atoms with van der Waals surface area (Å²) in [5.41, 5.74) is 0.172. The summed E-state index contributed by atoms with van der Waals surface area (Å²) in [4.78, 5) is 0. The fourth-order valence-electron chi connectivity index (χ4n) is 2.23. The van der Waals surface area contributed by atoms with Gasteiger partial charge in [-0.05, 0) is 32.2 Å². The van der Waals surface area contributed by atoms with Crippen molar-refractivity contribution >= 4 is 0 Å². The van der Waals surface area contributed by atoms with E-state index < -0.39 is 0 Å². The number of hydrogen-bond acceptors (Lipinski definition) is 2. The van der Waals surface area contributed by atoms with Gasteiger partial charge in [0.05, 0.1) is 5.60 Å². The highest BCUT2D eigenvalue weighted by molar-refractivity contribution is 4.87. The molecule has 1 aliphatic rings. The first-order valence-electron chi connectivity index (χ1n) is 5.63. The second-order valence-corrected chi connectivity index (χ2v) is 3.99. The van der Waals surface area contributed by atoms with Gasteiger partial charge in [-0.1, -0.05) is 20.8 Å². The zero-order valence-electron chi connectivity index (χ0n) is 9.23. The molecule has 0 bridgehead atoms. The van der Waals surface area contributed by atoms with Crippen molar-refractivity contribution in [2.24, 2.45) is 0 Å². The van der Waals surface area contributed by atoms with Gasteiger partial charge in [0, 0.05) is 12.6 Å². The lowest BCUT2D eigenvalue weighted by Crippen LogP contribution is -2.46. The summed E-state index contributed by atoms with van der Waals surface area (Å²) >= 11 is 0. The summed E-state index contributed by atoms with van der Waals surface area (Å²) in [6.07, 6.45) is 4.65. The second kappa shape index (κ2) is 4.97. The summed E-state index contributed by atoms with van der Waals surface area (Å²) in [7, 11) is 0. The molecule has 0 amide bonds. The molecule has 13 heavy (non-hydrogen) atoms. The van der Waals surface area contributed by atoms with Crippen molar-refractivity contribution < 1.29 is 4.74 Å². The zero-order valence-corrected chi connectivity index (χ0v) is 9.23. The molecule has 1 heterocycles. The van der Waals surface area contributed by atoms with Crippen LogP contribution in [0.2, 0.25) is 0 Å². The van der Waals surface area contributed by atoms with E-state index >= 15 is 0 Å². The molecule has 0 aliphatic carbocycles. The lowest BCUT2D eigenvalue weighted by molar-refractivity contribution is -0.0928. The molecule has 1 aliphatic heterocycles. The van der Waals surface area contributed by atoms with E-state index in [1.165, 1.54) is 12.8 Å². The van der Waals surface area contributed by atoms with E-state index in [0.29, 0.717) is 6.04 Å². The Hall–Kier alpha value is -0.0800. The van der Waals surface area contributed by atoms with Crippen LogP contribution in [0.5, 0.6) is 0 Å². The van der Waals surface area contributed by atoms with Gasteiger partial charge in [-0.3, -0.25) is 0 Å². The van der Waals surface area contributed by atoms with Crippen LogP contribution in [-0.2, 0) is 4.74 Å². The molecule has 0 aromatic rings. The molecular weight excluding hydrogens is 162 g/mol. The number of ether oxygens (including phenoxy) is 1. The maximum absolute atomic E-state index is 5.90. The highest BCUT2D eigenvalue weighted by Crippen LogP contribution is 2.31. The summed E-state index contributed by atoms with van der Waals surface area (Å²) in [6.45, 7) is 8.65. The molecule has 1 atom stereocenters. The van der Waals surface area contributed by atoms with Crippen molar-refractivity contribution in [3.05, 3.63) is 0 Å². The molecule has 1 fully saturated rings. The normalized spacial score (nSPS) is 27.5. The van der Waals surface area contributed by atoms with Gasteiger partial charge in [-0.15, -0.1) is 0 Å². The second-order valence-electron chi connectivity index (χ2n) is 3.99. The fraction of sp³-hybridized carbons (Fsp3) is 1.00. The highest BCUT2D eigenvalue weighted by Gasteiger charge is 2.33. The Kier molecular flexibility index (Phi) is 4.20. The molecule has 0 saturated carbocycles. The van der Waals surface area contributed by atoms with E-state index in [1.54, 1.807) is 0 Å². The quantitative estimate of drug-likeness (QED) is 0.726. The van der Waals surface area contributed by atoms with Gasteiger partial charge in [0.25, 0.3) is 0 Å². The monoisotopic (exact) mass is 185 g/mol. The van der Waals surface area contributed by atoms with E-state index in [1.807, 2.05) is 0 Å². The van der Waals surface area contributed by atoms with Crippen LogP contribution in [0.15, 0.2) is 0 Å². The molecule has 0 spiro atoms. The topological polar surface area (TPSA) is 21.3 Å². The molecule has 0 radical (unpaired) electrons. The molecule has 1 saturated heterocycles. The lowest BCUT2D eigenvalue weighted by Gasteiger charge is -2.40. The first-order chi connectivity index (χ1) is 6.26. The van der Waals surface area contributed by atoms with E-state index in [2.05, 4.69) is 26.1 Å². The Morgan fingerprint density at radius 2 is 2.00 bits per heavy atom. The molecular formula is C11H23NO. The minimum absolute atomic E-state index is 0.172. The molecule has 0 aromatic carbocycles. The zero-order chi connectivity index (χ0) is 9.73. The van der Waals surface area contributed by atoms with Crippen molar-refractivity contribution in [3.63, 3.8) is 0 Å². The molecule has 1 rings (SSSR count). The minimum Gasteiger partial charge on any atom is -0.375 e. The molecule has 78 valence electrons. The first-order valence-corrected chi connectivity index (χ1v) is 5.63. The van der Waals surface area contributed by atoms with E-state index in [4.69, 9.17) is 4.74 Å². The van der Waals surface area contributed by atoms with E-state index in [-0.39, 0.29) is 5.60 Å². The maximum atomic E-state index is 5.90. The van der Waals surface area contributed by atoms with Crippen molar-refractivity contribution in [1.29, 1.82) is 0 Å². The number of hydrogen-bond donors (Lipinski definition) is 1. The Bertz CT molecular complexity index is 141. The van der Waals surface area contributed by atoms with Crippen molar-refractivity contribution in [1.82, 2.24) is 5.32 Å². The number of rotatable bonds is 4. The molecule has 2 heteroatoms. The van der Waals surface area contributed by atoms with Crippen LogP contribution >= 0.6 is 0 Å². The third-order valence-electron chi connectivity index (χ3n) is 3.27. The standard InChI is InChI=1S/C11H23NO/c1-4-11(5-2)9-10(12-6-3)7-8-13-11/h10,12H,4-9H2,1-3H3. The van der Waals surface area contributed by atoms with Crippen LogP contribution in [-0.4, -0.2) is 24.8 Å². The van der Waals surface area contributed by atoms with Gasteiger partial charge >= 0.3 is 0 Å². The predicted octanol–water partition coefficient (Wildman–Crippen LogP) is 2.33. The van der Waals surface area contributed by atoms with Crippen molar-refractivity contribution in [3.8, 4) is 0 Å². The summed E-state index contributed by atoms with van der Waals surface area (Å²) in [5.74, 6) is 0. The summed E-state index contributed by atoms with van der Waals surface area (Å²) in [5, 5.41) is 3.53. The van der Waals surface area contributed by atoms with Crippen LogP contribution < -0.4 is 5.32 Å². The Labute approximate surface area is 82.0 Å². The van der Waals surface area contributed by atoms with E-state index in [0.717, 1.165) is 26.0 Å². The van der Waals surface area contributed by atoms with Gasteiger partial charge in [0.1, 0.15) is 0 Å².